The fraction of sp³-hybridized carbons (Fsp3) is 0.548. The molecule has 0 radical (unpaired) electrons. The highest BCUT2D eigenvalue weighted by atomic mass is 32.2. The predicted octanol–water partition coefficient (Wildman–Crippen LogP) is 5.19. The number of esters is 1. The molecule has 0 aliphatic carbocycles. The maximum atomic E-state index is 13.8. The summed E-state index contributed by atoms with van der Waals surface area (Å²) in [6, 6.07) is 14.5. The van der Waals surface area contributed by atoms with Crippen molar-refractivity contribution in [2.24, 2.45) is 0 Å². The van der Waals surface area contributed by atoms with Crippen molar-refractivity contribution in [2.75, 3.05) is 26.6 Å². The Bertz CT molecular complexity index is 1330. The number of rotatable bonds is 12. The predicted molar refractivity (Wildman–Crippen MR) is 168 cm³/mol. The van der Waals surface area contributed by atoms with Crippen molar-refractivity contribution in [3.05, 3.63) is 65.7 Å². The second-order valence-corrected chi connectivity index (χ2v) is 19.2. The van der Waals surface area contributed by atoms with Gasteiger partial charge in [-0.2, -0.15) is 4.31 Å². The maximum Gasteiger partial charge on any atom is 0.410 e. The quantitative estimate of drug-likeness (QED) is 0.232. The average molecular weight is 635 g/mol. The molecule has 0 aromatic heterocycles. The zero-order valence-electron chi connectivity index (χ0n) is 26.5. The van der Waals surface area contributed by atoms with Gasteiger partial charge in [0.05, 0.1) is 38.1 Å². The summed E-state index contributed by atoms with van der Waals surface area (Å²) in [6.45, 7) is 12.0. The summed E-state index contributed by atoms with van der Waals surface area (Å²) < 4.78 is 51.1. The minimum absolute atomic E-state index is 0.0403. The van der Waals surface area contributed by atoms with Crippen LogP contribution in [0.1, 0.15) is 45.2 Å². The van der Waals surface area contributed by atoms with Gasteiger partial charge in [-0.05, 0) is 47.8 Å². The number of methoxy groups -OCH3 is 1. The lowest BCUT2D eigenvalue weighted by Gasteiger charge is -2.40. The van der Waals surface area contributed by atoms with E-state index in [1.165, 1.54) is 22.4 Å². The molecule has 1 amide bonds. The molecule has 2 aromatic rings. The third-order valence-corrected chi connectivity index (χ3v) is 14.1. The van der Waals surface area contributed by atoms with E-state index in [1.54, 1.807) is 19.2 Å². The molecule has 0 unspecified atom stereocenters. The van der Waals surface area contributed by atoms with Gasteiger partial charge in [0, 0.05) is 13.5 Å². The van der Waals surface area contributed by atoms with Crippen LogP contribution in [0.5, 0.6) is 5.75 Å². The summed E-state index contributed by atoms with van der Waals surface area (Å²) in [5, 5.41) is -0.115. The molecular weight excluding hydrogens is 589 g/mol. The molecule has 0 spiro atoms. The van der Waals surface area contributed by atoms with Crippen molar-refractivity contribution in [1.82, 2.24) is 9.21 Å². The normalized spacial score (nSPS) is 19.4. The Morgan fingerprint density at radius 3 is 2.14 bits per heavy atom. The van der Waals surface area contributed by atoms with E-state index in [9.17, 15) is 18.0 Å². The molecule has 0 saturated carbocycles. The SMILES string of the molecule is COc1ccc(CN([C@H]2C[C@@H](COC(C)=O)N(C(=O)OCc3ccccc3)[C@H]2CO[Si](C)(C)C(C)(C)C)S(C)(=O)=O)cc1. The van der Waals surface area contributed by atoms with Crippen LogP contribution in [0, 0.1) is 0 Å². The van der Waals surface area contributed by atoms with E-state index < -0.39 is 48.5 Å². The summed E-state index contributed by atoms with van der Waals surface area (Å²) in [7, 11) is -4.50. The van der Waals surface area contributed by atoms with Gasteiger partial charge in [-0.3, -0.25) is 9.69 Å². The van der Waals surface area contributed by atoms with Crippen LogP contribution in [-0.2, 0) is 41.9 Å². The van der Waals surface area contributed by atoms with Crippen LogP contribution in [0.2, 0.25) is 18.1 Å². The summed E-state index contributed by atoms with van der Waals surface area (Å²) in [4.78, 5) is 27.1. The third-order valence-electron chi connectivity index (χ3n) is 8.32. The molecule has 238 valence electrons. The van der Waals surface area contributed by atoms with Gasteiger partial charge in [-0.1, -0.05) is 63.2 Å². The van der Waals surface area contributed by atoms with Crippen LogP contribution >= 0.6 is 0 Å². The average Bonchev–Trinajstić information content (AvgIpc) is 3.30. The zero-order chi connectivity index (χ0) is 32.0. The van der Waals surface area contributed by atoms with E-state index in [2.05, 4.69) is 33.9 Å². The highest BCUT2D eigenvalue weighted by Crippen LogP contribution is 2.39. The molecule has 12 heteroatoms. The summed E-state index contributed by atoms with van der Waals surface area (Å²) in [6.07, 6.45) is 0.785. The van der Waals surface area contributed by atoms with Crippen molar-refractivity contribution in [2.45, 2.75) is 83.5 Å². The number of carbonyl (C=O) groups is 2. The highest BCUT2D eigenvalue weighted by molar-refractivity contribution is 7.88. The minimum atomic E-state index is -3.77. The van der Waals surface area contributed by atoms with Gasteiger partial charge in [0.15, 0.2) is 8.32 Å². The molecule has 1 aliphatic rings. The van der Waals surface area contributed by atoms with Crippen LogP contribution in [-0.4, -0.2) is 82.7 Å². The molecule has 2 aromatic carbocycles. The fourth-order valence-electron chi connectivity index (χ4n) is 4.85. The topological polar surface area (TPSA) is 112 Å². The van der Waals surface area contributed by atoms with E-state index in [-0.39, 0.29) is 37.8 Å². The van der Waals surface area contributed by atoms with Crippen molar-refractivity contribution >= 4 is 30.4 Å². The smallest absolute Gasteiger partial charge is 0.410 e. The van der Waals surface area contributed by atoms with Gasteiger partial charge < -0.3 is 18.6 Å². The Balaban J connectivity index is 2.02. The number of amides is 1. The van der Waals surface area contributed by atoms with Gasteiger partial charge in [-0.15, -0.1) is 0 Å². The van der Waals surface area contributed by atoms with Crippen molar-refractivity contribution in [3.8, 4) is 5.75 Å². The Kier molecular flexibility index (Phi) is 11.4. The molecule has 1 heterocycles. The first-order chi connectivity index (χ1) is 20.0. The Morgan fingerprint density at radius 1 is 0.977 bits per heavy atom. The summed E-state index contributed by atoms with van der Waals surface area (Å²) >= 11 is 0. The van der Waals surface area contributed by atoms with Crippen LogP contribution in [0.15, 0.2) is 54.6 Å². The van der Waals surface area contributed by atoms with Gasteiger partial charge in [0.1, 0.15) is 19.0 Å². The number of sulfonamides is 1. The standard InChI is InChI=1S/C31H46N2O8SSi/c1-23(34)39-21-26-18-28(32(42(6,36)37)19-24-14-16-27(38-5)17-15-24)29(22-41-43(7,8)31(2,3)4)33(26)30(35)40-20-25-12-10-9-11-13-25/h9-17,26,28-29H,18-22H2,1-8H3/t26-,28-,29-/m0/s1. The number of hydrogen-bond acceptors (Lipinski definition) is 8. The van der Waals surface area contributed by atoms with Crippen LogP contribution in [0.3, 0.4) is 0 Å². The van der Waals surface area contributed by atoms with Gasteiger partial charge in [-0.25, -0.2) is 13.2 Å². The number of hydrogen-bond donors (Lipinski definition) is 0. The minimum Gasteiger partial charge on any atom is -0.497 e. The van der Waals surface area contributed by atoms with E-state index in [1.807, 2.05) is 42.5 Å². The third kappa shape index (κ3) is 9.28. The highest BCUT2D eigenvalue weighted by Gasteiger charge is 2.50. The zero-order valence-corrected chi connectivity index (χ0v) is 28.3. The van der Waals surface area contributed by atoms with E-state index >= 15 is 0 Å². The Hall–Kier alpha value is -2.93. The molecule has 3 atom stereocenters. The van der Waals surface area contributed by atoms with Gasteiger partial charge in [0.25, 0.3) is 0 Å². The molecule has 43 heavy (non-hydrogen) atoms. The fourth-order valence-corrected chi connectivity index (χ4v) is 6.97. The molecule has 0 N–H and O–H groups in total. The van der Waals surface area contributed by atoms with E-state index in [0.717, 1.165) is 11.1 Å². The molecule has 1 fully saturated rings. The molecule has 10 nitrogen and oxygen atoms in total. The lowest BCUT2D eigenvalue weighted by atomic mass is 10.1. The first-order valence-corrected chi connectivity index (χ1v) is 19.1. The monoisotopic (exact) mass is 634 g/mol. The molecular formula is C31H46N2O8SSi. The largest absolute Gasteiger partial charge is 0.497 e. The summed E-state index contributed by atoms with van der Waals surface area (Å²) in [5.41, 5.74) is 1.58. The lowest BCUT2D eigenvalue weighted by molar-refractivity contribution is -0.142. The number of likely N-dealkylation sites (tertiary alicyclic amines) is 1. The first-order valence-electron chi connectivity index (χ1n) is 14.4. The van der Waals surface area contributed by atoms with Crippen molar-refractivity contribution in [3.63, 3.8) is 0 Å². The van der Waals surface area contributed by atoms with Gasteiger partial charge in [0.2, 0.25) is 10.0 Å². The Labute approximate surface area is 257 Å². The second-order valence-electron chi connectivity index (χ2n) is 12.5. The molecule has 1 aliphatic heterocycles. The number of ether oxygens (including phenoxy) is 3. The number of benzene rings is 2. The number of nitrogens with zero attached hydrogens (tertiary/aromatic N) is 2. The van der Waals surface area contributed by atoms with Crippen LogP contribution in [0.25, 0.3) is 0 Å². The first kappa shape index (κ1) is 34.6. The number of carbonyl (C=O) groups excluding carboxylic acids is 2. The second kappa shape index (κ2) is 14.2. The van der Waals surface area contributed by atoms with E-state index in [0.29, 0.717) is 5.75 Å². The van der Waals surface area contributed by atoms with Crippen LogP contribution in [0.4, 0.5) is 4.79 Å². The molecule has 0 bridgehead atoms. The van der Waals surface area contributed by atoms with E-state index in [4.69, 9.17) is 18.6 Å². The van der Waals surface area contributed by atoms with Crippen LogP contribution < -0.4 is 4.74 Å². The van der Waals surface area contributed by atoms with Crippen molar-refractivity contribution < 1.29 is 36.6 Å². The van der Waals surface area contributed by atoms with Crippen molar-refractivity contribution in [1.29, 1.82) is 0 Å². The molecule has 3 rings (SSSR count). The lowest BCUT2D eigenvalue weighted by Crippen LogP contribution is -2.54. The summed E-state index contributed by atoms with van der Waals surface area (Å²) in [5.74, 6) is 0.165. The molecule has 1 saturated heterocycles. The van der Waals surface area contributed by atoms with Gasteiger partial charge >= 0.3 is 12.1 Å². The maximum absolute atomic E-state index is 13.8. The Morgan fingerprint density at radius 2 is 1.60 bits per heavy atom.